The lowest BCUT2D eigenvalue weighted by atomic mass is 9.92. The van der Waals surface area contributed by atoms with Gasteiger partial charge in [-0.1, -0.05) is 74.2 Å². The van der Waals surface area contributed by atoms with Gasteiger partial charge in [-0.2, -0.15) is 0 Å². The number of unbranched alkanes of at least 4 members (excludes halogenated alkanes) is 3. The highest BCUT2D eigenvalue weighted by atomic mass is 16.6. The van der Waals surface area contributed by atoms with E-state index in [2.05, 4.69) is 6.58 Å². The van der Waals surface area contributed by atoms with Crippen LogP contribution >= 0.6 is 0 Å². The Bertz CT molecular complexity index is 1830. The Labute approximate surface area is 275 Å². The predicted octanol–water partition coefficient (Wildman–Crippen LogP) is 9.05. The molecule has 0 radical (unpaired) electrons. The zero-order chi connectivity index (χ0) is 33.0. The molecular weight excluding hydrogens is 592 g/mol. The molecule has 5 aromatic carbocycles. The lowest BCUT2D eigenvalue weighted by molar-refractivity contribution is -0.137. The summed E-state index contributed by atoms with van der Waals surface area (Å²) in [7, 11) is 0. The van der Waals surface area contributed by atoms with Gasteiger partial charge in [0.2, 0.25) is 0 Å². The van der Waals surface area contributed by atoms with Gasteiger partial charge >= 0.3 is 11.9 Å². The normalized spacial score (nSPS) is 11.6. The molecule has 0 aromatic heterocycles. The van der Waals surface area contributed by atoms with Gasteiger partial charge in [-0.3, -0.25) is 0 Å². The number of fused-ring (bicyclic) bond motifs is 2. The smallest absolute Gasteiger partial charge is 0.338 e. The first-order valence-corrected chi connectivity index (χ1v) is 16.1. The van der Waals surface area contributed by atoms with Crippen LogP contribution in [0.5, 0.6) is 17.2 Å². The molecule has 0 saturated carbocycles. The average Bonchev–Trinajstić information content (AvgIpc) is 3.11. The van der Waals surface area contributed by atoms with Gasteiger partial charge in [0, 0.05) is 17.2 Å². The number of carbonyl (C=O) groups excluding carboxylic acids is 2. The Kier molecular flexibility index (Phi) is 11.5. The van der Waals surface area contributed by atoms with E-state index < -0.39 is 18.0 Å². The first kappa shape index (κ1) is 33.1. The van der Waals surface area contributed by atoms with Crippen molar-refractivity contribution in [3.8, 4) is 28.4 Å². The fourth-order valence-electron chi connectivity index (χ4n) is 5.46. The summed E-state index contributed by atoms with van der Waals surface area (Å²) in [4.78, 5) is 24.1. The van der Waals surface area contributed by atoms with Gasteiger partial charge in [0.05, 0.1) is 18.8 Å². The molecule has 0 saturated heterocycles. The molecule has 1 unspecified atom stereocenters. The summed E-state index contributed by atoms with van der Waals surface area (Å²) in [6.45, 7) is 6.43. The quantitative estimate of drug-likeness (QED) is 0.0659. The number of ether oxygens (including phenoxy) is 4. The van der Waals surface area contributed by atoms with Crippen LogP contribution in [-0.4, -0.2) is 43.0 Å². The molecule has 0 spiro atoms. The topological polar surface area (TPSA) is 91.3 Å². The van der Waals surface area contributed by atoms with E-state index in [1.165, 1.54) is 6.08 Å². The van der Waals surface area contributed by atoms with E-state index in [1.807, 2.05) is 73.7 Å². The van der Waals surface area contributed by atoms with Crippen LogP contribution in [0.2, 0.25) is 0 Å². The summed E-state index contributed by atoms with van der Waals surface area (Å²) in [5.41, 5.74) is 1.92. The van der Waals surface area contributed by atoms with E-state index in [0.717, 1.165) is 52.8 Å². The molecule has 0 aliphatic rings. The van der Waals surface area contributed by atoms with Crippen molar-refractivity contribution in [1.82, 2.24) is 0 Å². The van der Waals surface area contributed by atoms with Gasteiger partial charge in [-0.05, 0) is 90.0 Å². The maximum Gasteiger partial charge on any atom is 0.338 e. The molecule has 0 heterocycles. The van der Waals surface area contributed by atoms with Crippen molar-refractivity contribution in [2.75, 3.05) is 19.8 Å². The minimum absolute atomic E-state index is 0.150. The van der Waals surface area contributed by atoms with E-state index in [-0.39, 0.29) is 12.4 Å². The van der Waals surface area contributed by atoms with Crippen molar-refractivity contribution < 1.29 is 33.6 Å². The standard InChI is InChI=1S/C40H40O7/c1-3-31(47-40(43)30-17-21-32(22-18-30)44-25-11-5-6-12-26-45-37(42)4-2)27-46-36-24-20-29-14-8-10-16-34(29)39(36)38-33-15-9-7-13-28(33)19-23-35(38)41/h4,7-10,13-24,31,41H,2-3,5-6,11-12,25-27H2,1H3. The van der Waals surface area contributed by atoms with Gasteiger partial charge < -0.3 is 24.1 Å². The highest BCUT2D eigenvalue weighted by Gasteiger charge is 2.20. The average molecular weight is 633 g/mol. The molecule has 1 atom stereocenters. The van der Waals surface area contributed by atoms with Crippen molar-refractivity contribution in [2.24, 2.45) is 0 Å². The summed E-state index contributed by atoms with van der Waals surface area (Å²) in [6, 6.07) is 30.4. The lowest BCUT2D eigenvalue weighted by Gasteiger charge is -2.21. The lowest BCUT2D eigenvalue weighted by Crippen LogP contribution is -2.24. The van der Waals surface area contributed by atoms with Gasteiger partial charge in [0.25, 0.3) is 0 Å². The Morgan fingerprint density at radius 1 is 0.745 bits per heavy atom. The molecule has 5 aromatic rings. The molecular formula is C40H40O7. The summed E-state index contributed by atoms with van der Waals surface area (Å²) in [5.74, 6) is 0.613. The number of esters is 2. The Balaban J connectivity index is 1.20. The minimum Gasteiger partial charge on any atom is -0.507 e. The fourth-order valence-corrected chi connectivity index (χ4v) is 5.46. The van der Waals surface area contributed by atoms with E-state index >= 15 is 0 Å². The van der Waals surface area contributed by atoms with Crippen LogP contribution in [0, 0.1) is 0 Å². The van der Waals surface area contributed by atoms with Gasteiger partial charge in [0.15, 0.2) is 0 Å². The van der Waals surface area contributed by atoms with Gasteiger partial charge in [-0.25, -0.2) is 9.59 Å². The van der Waals surface area contributed by atoms with E-state index in [4.69, 9.17) is 18.9 Å². The molecule has 7 nitrogen and oxygen atoms in total. The van der Waals surface area contributed by atoms with Crippen molar-refractivity contribution in [1.29, 1.82) is 0 Å². The number of aromatic hydroxyl groups is 1. The van der Waals surface area contributed by atoms with Crippen molar-refractivity contribution in [3.63, 3.8) is 0 Å². The molecule has 1 N–H and O–H groups in total. The largest absolute Gasteiger partial charge is 0.507 e. The second-order valence-electron chi connectivity index (χ2n) is 11.2. The summed E-state index contributed by atoms with van der Waals surface area (Å²) in [6.07, 6.45) is 4.81. The third-order valence-electron chi connectivity index (χ3n) is 8.01. The van der Waals surface area contributed by atoms with E-state index in [9.17, 15) is 14.7 Å². The molecule has 7 heteroatoms. The molecule has 0 aliphatic carbocycles. The summed E-state index contributed by atoms with van der Waals surface area (Å²) in [5, 5.41) is 15.0. The predicted molar refractivity (Wildman–Crippen MR) is 185 cm³/mol. The summed E-state index contributed by atoms with van der Waals surface area (Å²) >= 11 is 0. The SMILES string of the molecule is C=CC(=O)OCCCCCCOc1ccc(C(=O)OC(CC)COc2ccc3ccccc3c2-c2c(O)ccc3ccccc23)cc1. The first-order valence-electron chi connectivity index (χ1n) is 16.1. The zero-order valence-corrected chi connectivity index (χ0v) is 26.7. The van der Waals surface area contributed by atoms with Crippen LogP contribution in [0.15, 0.2) is 110 Å². The van der Waals surface area contributed by atoms with Crippen molar-refractivity contribution >= 4 is 33.5 Å². The molecule has 0 amide bonds. The van der Waals surface area contributed by atoms with Crippen LogP contribution in [0.3, 0.4) is 0 Å². The maximum absolute atomic E-state index is 13.0. The van der Waals surface area contributed by atoms with Gasteiger partial charge in [0.1, 0.15) is 30.0 Å². The number of phenolic OH excluding ortho intramolecular Hbond substituents is 1. The third kappa shape index (κ3) is 8.50. The van der Waals surface area contributed by atoms with Crippen LogP contribution in [0.25, 0.3) is 32.7 Å². The molecule has 5 rings (SSSR count). The molecule has 0 fully saturated rings. The number of carbonyl (C=O) groups is 2. The highest BCUT2D eigenvalue weighted by molar-refractivity contribution is 6.09. The van der Waals surface area contributed by atoms with Crippen LogP contribution < -0.4 is 9.47 Å². The zero-order valence-electron chi connectivity index (χ0n) is 26.7. The molecule has 0 aliphatic heterocycles. The molecule has 0 bridgehead atoms. The van der Waals surface area contributed by atoms with Crippen LogP contribution in [0.1, 0.15) is 49.4 Å². The maximum atomic E-state index is 13.0. The third-order valence-corrected chi connectivity index (χ3v) is 8.01. The highest BCUT2D eigenvalue weighted by Crippen LogP contribution is 2.45. The van der Waals surface area contributed by atoms with Gasteiger partial charge in [-0.15, -0.1) is 0 Å². The van der Waals surface area contributed by atoms with Crippen molar-refractivity contribution in [2.45, 2.75) is 45.1 Å². The second kappa shape index (κ2) is 16.3. The summed E-state index contributed by atoms with van der Waals surface area (Å²) < 4.78 is 23.0. The molecule has 47 heavy (non-hydrogen) atoms. The fraction of sp³-hybridized carbons (Fsp3) is 0.250. The number of benzene rings is 5. The number of phenols is 1. The number of rotatable bonds is 16. The van der Waals surface area contributed by atoms with E-state index in [0.29, 0.717) is 42.3 Å². The van der Waals surface area contributed by atoms with Crippen LogP contribution in [0.4, 0.5) is 0 Å². The Hall–Kier alpha value is -5.30. The monoisotopic (exact) mass is 632 g/mol. The van der Waals surface area contributed by atoms with Crippen LogP contribution in [-0.2, 0) is 14.3 Å². The first-order chi connectivity index (χ1) is 23.0. The van der Waals surface area contributed by atoms with Crippen molar-refractivity contribution in [3.05, 3.63) is 115 Å². The number of hydrogen-bond donors (Lipinski definition) is 1. The second-order valence-corrected chi connectivity index (χ2v) is 11.2. The minimum atomic E-state index is -0.487. The number of hydrogen-bond acceptors (Lipinski definition) is 7. The Morgan fingerprint density at radius 2 is 1.38 bits per heavy atom. The van der Waals surface area contributed by atoms with E-state index in [1.54, 1.807) is 30.3 Å². The Morgan fingerprint density at radius 3 is 2.06 bits per heavy atom. The molecule has 242 valence electrons.